The number of amides is 1. The van der Waals surface area contributed by atoms with Crippen molar-refractivity contribution in [2.24, 2.45) is 0 Å². The van der Waals surface area contributed by atoms with E-state index in [-0.39, 0.29) is 12.1 Å². The Labute approximate surface area is 111 Å². The highest BCUT2D eigenvalue weighted by atomic mass is 19.2. The first-order chi connectivity index (χ1) is 9.47. The number of halogens is 2. The first-order valence-corrected chi connectivity index (χ1v) is 5.48. The maximum Gasteiger partial charge on any atom is 0.337 e. The molecule has 1 amide bonds. The molecule has 1 aromatic heterocycles. The van der Waals surface area contributed by atoms with Crippen molar-refractivity contribution in [2.45, 2.75) is 6.42 Å². The SMILES string of the molecule is O=C(Cc1ccn[nH]1)Nc1cc(F)c(F)cc1C(=O)O. The second kappa shape index (κ2) is 5.47. The average Bonchev–Trinajstić information content (AvgIpc) is 2.85. The Morgan fingerprint density at radius 2 is 2.00 bits per heavy atom. The number of anilines is 1. The van der Waals surface area contributed by atoms with Gasteiger partial charge in [-0.15, -0.1) is 0 Å². The van der Waals surface area contributed by atoms with Gasteiger partial charge in [0.25, 0.3) is 0 Å². The molecule has 8 heteroatoms. The number of carbonyl (C=O) groups excluding carboxylic acids is 1. The summed E-state index contributed by atoms with van der Waals surface area (Å²) in [6.07, 6.45) is 1.35. The second-order valence-electron chi connectivity index (χ2n) is 3.92. The van der Waals surface area contributed by atoms with Gasteiger partial charge in [-0.3, -0.25) is 9.89 Å². The molecule has 2 rings (SSSR count). The van der Waals surface area contributed by atoms with Gasteiger partial charge in [-0.2, -0.15) is 5.10 Å². The fourth-order valence-electron chi connectivity index (χ4n) is 1.58. The summed E-state index contributed by atoms with van der Waals surface area (Å²) in [4.78, 5) is 22.6. The van der Waals surface area contributed by atoms with E-state index in [1.54, 1.807) is 6.07 Å². The lowest BCUT2D eigenvalue weighted by Crippen LogP contribution is -2.17. The third kappa shape index (κ3) is 2.97. The van der Waals surface area contributed by atoms with Gasteiger partial charge in [-0.05, 0) is 12.1 Å². The molecule has 0 spiro atoms. The van der Waals surface area contributed by atoms with Crippen molar-refractivity contribution < 1.29 is 23.5 Å². The van der Waals surface area contributed by atoms with Gasteiger partial charge in [-0.25, -0.2) is 13.6 Å². The monoisotopic (exact) mass is 281 g/mol. The number of nitrogens with one attached hydrogen (secondary N) is 2. The summed E-state index contributed by atoms with van der Waals surface area (Å²) in [5.74, 6) is -4.59. The lowest BCUT2D eigenvalue weighted by atomic mass is 10.1. The minimum Gasteiger partial charge on any atom is -0.478 e. The Morgan fingerprint density at radius 1 is 1.30 bits per heavy atom. The lowest BCUT2D eigenvalue weighted by Gasteiger charge is -2.08. The van der Waals surface area contributed by atoms with E-state index < -0.39 is 29.1 Å². The van der Waals surface area contributed by atoms with Crippen molar-refractivity contribution >= 4 is 17.6 Å². The highest BCUT2D eigenvalue weighted by Crippen LogP contribution is 2.20. The van der Waals surface area contributed by atoms with Crippen LogP contribution in [0.4, 0.5) is 14.5 Å². The maximum absolute atomic E-state index is 13.1. The van der Waals surface area contributed by atoms with Gasteiger partial charge in [0.05, 0.1) is 17.7 Å². The van der Waals surface area contributed by atoms with E-state index in [1.165, 1.54) is 6.20 Å². The minimum absolute atomic E-state index is 0.0992. The largest absolute Gasteiger partial charge is 0.478 e. The van der Waals surface area contributed by atoms with Crippen LogP contribution in [0.25, 0.3) is 0 Å². The smallest absolute Gasteiger partial charge is 0.337 e. The number of carboxylic acid groups (broad SMARTS) is 1. The van der Waals surface area contributed by atoms with Gasteiger partial charge in [-0.1, -0.05) is 0 Å². The van der Waals surface area contributed by atoms with E-state index in [2.05, 4.69) is 15.5 Å². The first kappa shape index (κ1) is 13.7. The van der Waals surface area contributed by atoms with Crippen molar-refractivity contribution in [1.29, 1.82) is 0 Å². The molecule has 0 aliphatic heterocycles. The summed E-state index contributed by atoms with van der Waals surface area (Å²) in [6.45, 7) is 0. The van der Waals surface area contributed by atoms with Crippen molar-refractivity contribution in [3.05, 3.63) is 47.3 Å². The molecule has 2 aromatic rings. The number of H-pyrrole nitrogens is 1. The number of aromatic nitrogens is 2. The number of hydrogen-bond donors (Lipinski definition) is 3. The molecule has 0 bridgehead atoms. The predicted octanol–water partition coefficient (Wildman–Crippen LogP) is 1.57. The van der Waals surface area contributed by atoms with Crippen molar-refractivity contribution in [1.82, 2.24) is 10.2 Å². The van der Waals surface area contributed by atoms with Gasteiger partial charge in [0, 0.05) is 18.0 Å². The Morgan fingerprint density at radius 3 is 2.60 bits per heavy atom. The summed E-state index contributed by atoms with van der Waals surface area (Å²) < 4.78 is 26.1. The normalized spacial score (nSPS) is 10.3. The van der Waals surface area contributed by atoms with Crippen LogP contribution in [-0.2, 0) is 11.2 Å². The van der Waals surface area contributed by atoms with Gasteiger partial charge in [0.2, 0.25) is 5.91 Å². The van der Waals surface area contributed by atoms with Crippen LogP contribution in [0, 0.1) is 11.6 Å². The standard InChI is InChI=1S/C12H9F2N3O3/c13-8-4-7(12(19)20)10(5-9(8)14)16-11(18)3-6-1-2-15-17-6/h1-2,4-5H,3H2,(H,15,17)(H,16,18)(H,19,20). The van der Waals surface area contributed by atoms with E-state index in [1.807, 2.05) is 0 Å². The Balaban J connectivity index is 2.22. The zero-order valence-corrected chi connectivity index (χ0v) is 9.98. The summed E-state index contributed by atoms with van der Waals surface area (Å²) in [5.41, 5.74) is -0.329. The van der Waals surface area contributed by atoms with Gasteiger partial charge >= 0.3 is 5.97 Å². The molecular formula is C12H9F2N3O3. The summed E-state index contributed by atoms with van der Waals surface area (Å²) in [6, 6.07) is 2.70. The molecule has 0 aliphatic rings. The number of benzene rings is 1. The molecule has 20 heavy (non-hydrogen) atoms. The van der Waals surface area contributed by atoms with Crippen molar-refractivity contribution in [3.63, 3.8) is 0 Å². The van der Waals surface area contributed by atoms with Gasteiger partial charge < -0.3 is 10.4 Å². The predicted molar refractivity (Wildman–Crippen MR) is 64.2 cm³/mol. The van der Waals surface area contributed by atoms with E-state index in [4.69, 9.17) is 5.11 Å². The number of rotatable bonds is 4. The van der Waals surface area contributed by atoms with Crippen LogP contribution in [0.2, 0.25) is 0 Å². The van der Waals surface area contributed by atoms with Gasteiger partial charge in [0.15, 0.2) is 11.6 Å². The molecule has 0 saturated carbocycles. The molecule has 0 aliphatic carbocycles. The van der Waals surface area contributed by atoms with Crippen LogP contribution in [0.3, 0.4) is 0 Å². The first-order valence-electron chi connectivity index (χ1n) is 5.48. The molecule has 0 fully saturated rings. The number of carboxylic acids is 1. The number of nitrogens with zero attached hydrogens (tertiary/aromatic N) is 1. The fourth-order valence-corrected chi connectivity index (χ4v) is 1.58. The van der Waals surface area contributed by atoms with E-state index in [0.717, 1.165) is 0 Å². The van der Waals surface area contributed by atoms with E-state index >= 15 is 0 Å². The molecule has 1 aromatic carbocycles. The number of aromatic carboxylic acids is 1. The van der Waals surface area contributed by atoms with Gasteiger partial charge in [0.1, 0.15) is 0 Å². The Bertz CT molecular complexity index is 656. The maximum atomic E-state index is 13.1. The molecule has 0 unspecified atom stereocenters. The Hall–Kier alpha value is -2.77. The number of hydrogen-bond acceptors (Lipinski definition) is 3. The minimum atomic E-state index is -1.47. The molecule has 3 N–H and O–H groups in total. The molecule has 104 valence electrons. The third-order valence-corrected chi connectivity index (χ3v) is 2.47. The molecule has 0 saturated heterocycles. The van der Waals surface area contributed by atoms with Crippen LogP contribution in [0.15, 0.2) is 24.4 Å². The second-order valence-corrected chi connectivity index (χ2v) is 3.92. The average molecular weight is 281 g/mol. The highest BCUT2D eigenvalue weighted by Gasteiger charge is 2.17. The third-order valence-electron chi connectivity index (χ3n) is 2.47. The van der Waals surface area contributed by atoms with Crippen LogP contribution in [0.5, 0.6) is 0 Å². The molecule has 0 radical (unpaired) electrons. The molecule has 6 nitrogen and oxygen atoms in total. The zero-order valence-electron chi connectivity index (χ0n) is 9.98. The van der Waals surface area contributed by atoms with Crippen LogP contribution in [-0.4, -0.2) is 27.2 Å². The Kier molecular flexibility index (Phi) is 3.74. The van der Waals surface area contributed by atoms with Crippen LogP contribution >= 0.6 is 0 Å². The molecular weight excluding hydrogens is 272 g/mol. The highest BCUT2D eigenvalue weighted by molar-refractivity contribution is 6.00. The van der Waals surface area contributed by atoms with Crippen molar-refractivity contribution in [2.75, 3.05) is 5.32 Å². The summed E-state index contributed by atoms with van der Waals surface area (Å²) >= 11 is 0. The summed E-state index contributed by atoms with van der Waals surface area (Å²) in [5, 5.41) is 17.3. The lowest BCUT2D eigenvalue weighted by molar-refractivity contribution is -0.115. The van der Waals surface area contributed by atoms with E-state index in [9.17, 15) is 18.4 Å². The van der Waals surface area contributed by atoms with Crippen LogP contribution in [0.1, 0.15) is 16.1 Å². The topological polar surface area (TPSA) is 95.1 Å². The molecule has 1 heterocycles. The van der Waals surface area contributed by atoms with Crippen molar-refractivity contribution in [3.8, 4) is 0 Å². The summed E-state index contributed by atoms with van der Waals surface area (Å²) in [7, 11) is 0. The fraction of sp³-hybridized carbons (Fsp3) is 0.0833. The van der Waals surface area contributed by atoms with E-state index in [0.29, 0.717) is 17.8 Å². The molecule has 0 atom stereocenters. The zero-order chi connectivity index (χ0) is 14.7. The number of carbonyl (C=O) groups is 2. The number of aromatic amines is 1. The van der Waals surface area contributed by atoms with Crippen LogP contribution < -0.4 is 5.32 Å². The quantitative estimate of drug-likeness (QED) is 0.792.